The van der Waals surface area contributed by atoms with E-state index in [2.05, 4.69) is 0 Å². The molecule has 2 aromatic rings. The molecule has 3 nitrogen and oxygen atoms in total. The highest BCUT2D eigenvalue weighted by Crippen LogP contribution is 2.19. The molecule has 7 heteroatoms. The molecule has 0 fully saturated rings. The summed E-state index contributed by atoms with van der Waals surface area (Å²) in [6.07, 6.45) is -3.68. The van der Waals surface area contributed by atoms with E-state index in [0.717, 1.165) is 4.70 Å². The van der Waals surface area contributed by atoms with Crippen molar-refractivity contribution in [3.8, 4) is 0 Å². The number of benzene rings is 1. The van der Waals surface area contributed by atoms with Gasteiger partial charge in [0.25, 0.3) is 5.56 Å². The molecule has 0 saturated carbocycles. The van der Waals surface area contributed by atoms with Gasteiger partial charge in [-0.2, -0.15) is 13.2 Å². The van der Waals surface area contributed by atoms with E-state index in [1.807, 2.05) is 18.2 Å². The third kappa shape index (κ3) is 4.33. The fourth-order valence-electron chi connectivity index (χ4n) is 2.33. The molecule has 0 aliphatic carbocycles. The fourth-order valence-corrected chi connectivity index (χ4v) is 3.36. The van der Waals surface area contributed by atoms with E-state index in [-0.39, 0.29) is 11.6 Å². The Morgan fingerprint density at radius 3 is 2.55 bits per heavy atom. The van der Waals surface area contributed by atoms with Gasteiger partial charge in [0.2, 0.25) is 0 Å². The second-order valence-corrected chi connectivity index (χ2v) is 6.59. The Kier molecular flexibility index (Phi) is 5.28. The molecule has 0 atom stereocenters. The minimum atomic E-state index is -4.20. The minimum Gasteiger partial charge on any atom is -0.292 e. The van der Waals surface area contributed by atoms with Gasteiger partial charge >= 0.3 is 6.18 Å². The van der Waals surface area contributed by atoms with E-state index >= 15 is 0 Å². The molecule has 0 aliphatic rings. The summed E-state index contributed by atoms with van der Waals surface area (Å²) in [7, 11) is 0. The summed E-state index contributed by atoms with van der Waals surface area (Å²) >= 11 is 1.36. The Hall–Kier alpha value is -1.34. The van der Waals surface area contributed by atoms with Crippen molar-refractivity contribution in [2.75, 3.05) is 13.1 Å². The summed E-state index contributed by atoms with van der Waals surface area (Å²) in [5.74, 6) is 0. The van der Waals surface area contributed by atoms with Crippen LogP contribution in [-0.4, -0.2) is 34.2 Å². The van der Waals surface area contributed by atoms with Gasteiger partial charge in [0, 0.05) is 19.1 Å². The van der Waals surface area contributed by atoms with Crippen LogP contribution >= 0.6 is 11.5 Å². The molecule has 0 saturated heterocycles. The summed E-state index contributed by atoms with van der Waals surface area (Å²) in [6, 6.07) is 7.15. The average Bonchev–Trinajstić information content (AvgIpc) is 2.74. The van der Waals surface area contributed by atoms with Crippen LogP contribution < -0.4 is 5.56 Å². The number of aromatic nitrogens is 1. The van der Waals surface area contributed by atoms with Crippen LogP contribution in [0.3, 0.4) is 0 Å². The Balaban J connectivity index is 1.99. The molecule has 0 amide bonds. The molecule has 2 rings (SSSR count). The monoisotopic (exact) mass is 332 g/mol. The van der Waals surface area contributed by atoms with Gasteiger partial charge in [0.15, 0.2) is 0 Å². The lowest BCUT2D eigenvalue weighted by atomic mass is 10.2. The van der Waals surface area contributed by atoms with E-state index in [1.165, 1.54) is 16.4 Å². The first-order chi connectivity index (χ1) is 10.3. The van der Waals surface area contributed by atoms with Crippen molar-refractivity contribution >= 4 is 21.6 Å². The van der Waals surface area contributed by atoms with E-state index in [0.29, 0.717) is 24.9 Å². The molecule has 122 valence electrons. The van der Waals surface area contributed by atoms with Crippen molar-refractivity contribution in [2.24, 2.45) is 0 Å². The van der Waals surface area contributed by atoms with E-state index in [9.17, 15) is 18.0 Å². The number of hydrogen-bond donors (Lipinski definition) is 0. The maximum Gasteiger partial charge on any atom is 0.401 e. The number of aryl methyl sites for hydroxylation is 1. The van der Waals surface area contributed by atoms with Crippen molar-refractivity contribution in [1.29, 1.82) is 0 Å². The molecular formula is C15H19F3N2OS. The third-order valence-corrected chi connectivity index (χ3v) is 4.59. The lowest BCUT2D eigenvalue weighted by molar-refractivity contribution is -0.149. The number of nitrogens with zero attached hydrogens (tertiary/aromatic N) is 2. The second kappa shape index (κ2) is 6.83. The number of rotatable bonds is 6. The van der Waals surface area contributed by atoms with E-state index in [4.69, 9.17) is 0 Å². The highest BCUT2D eigenvalue weighted by molar-refractivity contribution is 7.13. The Bertz CT molecular complexity index is 675. The van der Waals surface area contributed by atoms with Gasteiger partial charge in [0.05, 0.1) is 16.6 Å². The maximum absolute atomic E-state index is 12.5. The molecule has 1 aromatic heterocycles. The summed E-state index contributed by atoms with van der Waals surface area (Å²) in [5.41, 5.74) is -0.0625. The van der Waals surface area contributed by atoms with Crippen LogP contribution in [-0.2, 0) is 6.54 Å². The Morgan fingerprint density at radius 2 is 1.95 bits per heavy atom. The third-order valence-electron chi connectivity index (χ3n) is 3.47. The average molecular weight is 332 g/mol. The van der Waals surface area contributed by atoms with Crippen molar-refractivity contribution < 1.29 is 13.2 Å². The molecule has 0 radical (unpaired) electrons. The Morgan fingerprint density at radius 1 is 1.27 bits per heavy atom. The molecule has 22 heavy (non-hydrogen) atoms. The normalized spacial score (nSPS) is 12.7. The number of fused-ring (bicyclic) bond motifs is 1. The lowest BCUT2D eigenvalue weighted by Crippen LogP contribution is -2.40. The van der Waals surface area contributed by atoms with Crippen molar-refractivity contribution in [3.05, 3.63) is 34.6 Å². The van der Waals surface area contributed by atoms with Gasteiger partial charge in [0.1, 0.15) is 0 Å². The van der Waals surface area contributed by atoms with Crippen LogP contribution in [0.4, 0.5) is 13.2 Å². The SMILES string of the molecule is CC(C)N(CCCn1sc2ccccc2c1=O)CC(F)(F)F. The van der Waals surface area contributed by atoms with Crippen molar-refractivity contribution in [3.63, 3.8) is 0 Å². The first kappa shape index (κ1) is 17.0. The molecule has 1 heterocycles. The topological polar surface area (TPSA) is 25.2 Å². The first-order valence-electron chi connectivity index (χ1n) is 7.17. The zero-order chi connectivity index (χ0) is 16.3. The molecular weight excluding hydrogens is 313 g/mol. The largest absolute Gasteiger partial charge is 0.401 e. The van der Waals surface area contributed by atoms with E-state index in [1.54, 1.807) is 23.9 Å². The van der Waals surface area contributed by atoms with Gasteiger partial charge in [-0.15, -0.1) is 0 Å². The lowest BCUT2D eigenvalue weighted by Gasteiger charge is -2.27. The van der Waals surface area contributed by atoms with Crippen molar-refractivity contribution in [1.82, 2.24) is 8.86 Å². The molecule has 0 spiro atoms. The predicted octanol–water partition coefficient (Wildman–Crippen LogP) is 3.73. The zero-order valence-electron chi connectivity index (χ0n) is 12.6. The maximum atomic E-state index is 12.5. The highest BCUT2D eigenvalue weighted by Gasteiger charge is 2.31. The van der Waals surface area contributed by atoms with Crippen LogP contribution in [0, 0.1) is 0 Å². The van der Waals surface area contributed by atoms with Crippen LogP contribution in [0.25, 0.3) is 10.1 Å². The van der Waals surface area contributed by atoms with Gasteiger partial charge in [-0.25, -0.2) is 0 Å². The number of halogens is 3. The number of hydrogen-bond acceptors (Lipinski definition) is 3. The molecule has 1 aromatic carbocycles. The molecule has 0 N–H and O–H groups in total. The standard InChI is InChI=1S/C15H19F3N2OS/c1-11(2)19(10-15(16,17)18)8-5-9-20-14(21)12-6-3-4-7-13(12)22-20/h3-4,6-7,11H,5,8-10H2,1-2H3. The first-order valence-corrected chi connectivity index (χ1v) is 7.95. The summed E-state index contributed by atoms with van der Waals surface area (Å²) in [6.45, 7) is 3.35. The van der Waals surface area contributed by atoms with Crippen LogP contribution in [0.1, 0.15) is 20.3 Å². The fraction of sp³-hybridized carbons (Fsp3) is 0.533. The van der Waals surface area contributed by atoms with Gasteiger partial charge in [-0.3, -0.25) is 13.7 Å². The summed E-state index contributed by atoms with van der Waals surface area (Å²) in [5, 5.41) is 0.670. The Labute approximate surface area is 131 Å². The van der Waals surface area contributed by atoms with Gasteiger partial charge in [-0.1, -0.05) is 23.7 Å². The van der Waals surface area contributed by atoms with Crippen molar-refractivity contribution in [2.45, 2.75) is 39.0 Å². The van der Waals surface area contributed by atoms with Crippen LogP contribution in [0.2, 0.25) is 0 Å². The van der Waals surface area contributed by atoms with Crippen LogP contribution in [0.15, 0.2) is 29.1 Å². The second-order valence-electron chi connectivity index (χ2n) is 5.53. The quantitative estimate of drug-likeness (QED) is 0.805. The molecule has 0 aliphatic heterocycles. The summed E-state index contributed by atoms with van der Waals surface area (Å²) < 4.78 is 40.1. The minimum absolute atomic E-state index is 0.0625. The van der Waals surface area contributed by atoms with Crippen LogP contribution in [0.5, 0.6) is 0 Å². The van der Waals surface area contributed by atoms with Gasteiger partial charge in [-0.05, 0) is 32.4 Å². The number of alkyl halides is 3. The smallest absolute Gasteiger partial charge is 0.292 e. The predicted molar refractivity (Wildman–Crippen MR) is 83.5 cm³/mol. The zero-order valence-corrected chi connectivity index (χ0v) is 13.4. The molecule has 0 bridgehead atoms. The summed E-state index contributed by atoms with van der Waals surface area (Å²) in [4.78, 5) is 13.5. The van der Waals surface area contributed by atoms with Gasteiger partial charge < -0.3 is 0 Å². The van der Waals surface area contributed by atoms with E-state index < -0.39 is 12.7 Å². The molecule has 0 unspecified atom stereocenters. The highest BCUT2D eigenvalue weighted by atomic mass is 32.1.